The van der Waals surface area contributed by atoms with Gasteiger partial charge < -0.3 is 15.8 Å². The number of rotatable bonds is 6. The summed E-state index contributed by atoms with van der Waals surface area (Å²) in [5, 5.41) is 2.97. The van der Waals surface area contributed by atoms with Crippen LogP contribution in [0.4, 0.5) is 0 Å². The van der Waals surface area contributed by atoms with Crippen molar-refractivity contribution in [1.82, 2.24) is 10.2 Å². The standard InChI is InChI=1S/C14H29N3O2/c1-10(2)12(7-15)8-17-5-6-19-9-13(17)14(18)16-11(3)4/h10-13H,5-9,15H2,1-4H3,(H,16,18). The topological polar surface area (TPSA) is 67.6 Å². The summed E-state index contributed by atoms with van der Waals surface area (Å²) < 4.78 is 5.46. The average molecular weight is 271 g/mol. The van der Waals surface area contributed by atoms with Crippen molar-refractivity contribution < 1.29 is 9.53 Å². The van der Waals surface area contributed by atoms with E-state index in [-0.39, 0.29) is 18.0 Å². The maximum absolute atomic E-state index is 12.2. The highest BCUT2D eigenvalue weighted by Crippen LogP contribution is 2.15. The van der Waals surface area contributed by atoms with Crippen LogP contribution in [-0.2, 0) is 9.53 Å². The van der Waals surface area contributed by atoms with Crippen molar-refractivity contribution in [2.45, 2.75) is 39.8 Å². The maximum Gasteiger partial charge on any atom is 0.239 e. The highest BCUT2D eigenvalue weighted by molar-refractivity contribution is 5.82. The molecule has 0 saturated carbocycles. The molecule has 19 heavy (non-hydrogen) atoms. The van der Waals surface area contributed by atoms with Gasteiger partial charge in [-0.1, -0.05) is 13.8 Å². The molecule has 1 amide bonds. The second-order valence-electron chi connectivity index (χ2n) is 5.99. The van der Waals surface area contributed by atoms with Crippen LogP contribution in [0.1, 0.15) is 27.7 Å². The van der Waals surface area contributed by atoms with Gasteiger partial charge in [0.2, 0.25) is 5.91 Å². The number of amides is 1. The molecule has 5 heteroatoms. The van der Waals surface area contributed by atoms with Gasteiger partial charge in [-0.15, -0.1) is 0 Å². The van der Waals surface area contributed by atoms with Crippen molar-refractivity contribution >= 4 is 5.91 Å². The largest absolute Gasteiger partial charge is 0.378 e. The van der Waals surface area contributed by atoms with E-state index in [0.717, 1.165) is 13.1 Å². The number of hydrogen-bond donors (Lipinski definition) is 2. The summed E-state index contributed by atoms with van der Waals surface area (Å²) in [5.41, 5.74) is 5.83. The van der Waals surface area contributed by atoms with Gasteiger partial charge in [-0.25, -0.2) is 0 Å². The molecule has 0 bridgehead atoms. The zero-order valence-corrected chi connectivity index (χ0v) is 12.7. The molecule has 1 aliphatic heterocycles. The molecule has 0 aromatic heterocycles. The molecule has 0 radical (unpaired) electrons. The van der Waals surface area contributed by atoms with E-state index in [9.17, 15) is 4.79 Å². The quantitative estimate of drug-likeness (QED) is 0.736. The molecule has 2 atom stereocenters. The van der Waals surface area contributed by atoms with Crippen LogP contribution in [0, 0.1) is 11.8 Å². The van der Waals surface area contributed by atoms with Crippen molar-refractivity contribution in [3.63, 3.8) is 0 Å². The number of carbonyl (C=O) groups is 1. The predicted molar refractivity (Wildman–Crippen MR) is 76.8 cm³/mol. The van der Waals surface area contributed by atoms with Crippen molar-refractivity contribution in [2.75, 3.05) is 32.8 Å². The molecule has 0 spiro atoms. The van der Waals surface area contributed by atoms with Gasteiger partial charge in [0.05, 0.1) is 13.2 Å². The number of ether oxygens (including phenoxy) is 1. The SMILES string of the molecule is CC(C)NC(=O)C1COCCN1CC(CN)C(C)C. The third kappa shape index (κ3) is 5.09. The Labute approximate surface area is 116 Å². The van der Waals surface area contributed by atoms with E-state index in [0.29, 0.717) is 31.6 Å². The minimum atomic E-state index is -0.177. The molecule has 1 aliphatic rings. The zero-order chi connectivity index (χ0) is 14.4. The average Bonchev–Trinajstić information content (AvgIpc) is 2.35. The van der Waals surface area contributed by atoms with Crippen molar-refractivity contribution in [2.24, 2.45) is 17.6 Å². The van der Waals surface area contributed by atoms with E-state index < -0.39 is 0 Å². The van der Waals surface area contributed by atoms with Crippen LogP contribution < -0.4 is 11.1 Å². The summed E-state index contributed by atoms with van der Waals surface area (Å²) in [5.74, 6) is 1.02. The van der Waals surface area contributed by atoms with Crippen LogP contribution >= 0.6 is 0 Å². The number of nitrogens with zero attached hydrogens (tertiary/aromatic N) is 1. The van der Waals surface area contributed by atoms with E-state index in [1.807, 2.05) is 13.8 Å². The summed E-state index contributed by atoms with van der Waals surface area (Å²) in [6, 6.07) is -0.0179. The fraction of sp³-hybridized carbons (Fsp3) is 0.929. The normalized spacial score (nSPS) is 22.8. The first-order valence-electron chi connectivity index (χ1n) is 7.28. The molecular weight excluding hydrogens is 242 g/mol. The first-order chi connectivity index (χ1) is 8.95. The Morgan fingerprint density at radius 3 is 2.63 bits per heavy atom. The summed E-state index contributed by atoms with van der Waals surface area (Å²) in [4.78, 5) is 14.4. The summed E-state index contributed by atoms with van der Waals surface area (Å²) >= 11 is 0. The maximum atomic E-state index is 12.2. The van der Waals surface area contributed by atoms with Crippen LogP contribution in [0.15, 0.2) is 0 Å². The Kier molecular flexibility index (Phi) is 6.75. The van der Waals surface area contributed by atoms with Crippen molar-refractivity contribution in [3.05, 3.63) is 0 Å². The lowest BCUT2D eigenvalue weighted by Gasteiger charge is -2.37. The fourth-order valence-corrected chi connectivity index (χ4v) is 2.34. The number of morpholine rings is 1. The lowest BCUT2D eigenvalue weighted by molar-refractivity contribution is -0.133. The van der Waals surface area contributed by atoms with Gasteiger partial charge in [-0.05, 0) is 32.2 Å². The second-order valence-corrected chi connectivity index (χ2v) is 5.99. The third-order valence-corrected chi connectivity index (χ3v) is 3.69. The van der Waals surface area contributed by atoms with Gasteiger partial charge in [0.15, 0.2) is 0 Å². The number of nitrogens with two attached hydrogens (primary N) is 1. The molecule has 0 aromatic carbocycles. The third-order valence-electron chi connectivity index (χ3n) is 3.69. The summed E-state index contributed by atoms with van der Waals surface area (Å²) in [6.07, 6.45) is 0. The minimum Gasteiger partial charge on any atom is -0.378 e. The highest BCUT2D eigenvalue weighted by atomic mass is 16.5. The molecular formula is C14H29N3O2. The molecule has 0 aromatic rings. The number of hydrogen-bond acceptors (Lipinski definition) is 4. The number of nitrogens with one attached hydrogen (secondary N) is 1. The number of carbonyl (C=O) groups excluding carboxylic acids is 1. The Balaban J connectivity index is 2.64. The summed E-state index contributed by atoms with van der Waals surface area (Å²) in [7, 11) is 0. The molecule has 1 saturated heterocycles. The van der Waals surface area contributed by atoms with E-state index in [1.165, 1.54) is 0 Å². The minimum absolute atomic E-state index is 0.0641. The molecule has 1 heterocycles. The molecule has 5 nitrogen and oxygen atoms in total. The molecule has 1 rings (SSSR count). The van der Waals surface area contributed by atoms with Crippen LogP contribution in [0.25, 0.3) is 0 Å². The lowest BCUT2D eigenvalue weighted by Crippen LogP contribution is -2.56. The van der Waals surface area contributed by atoms with Gasteiger partial charge in [0.1, 0.15) is 6.04 Å². The molecule has 1 fully saturated rings. The molecule has 112 valence electrons. The van der Waals surface area contributed by atoms with Crippen LogP contribution in [0.2, 0.25) is 0 Å². The lowest BCUT2D eigenvalue weighted by atomic mass is 9.94. The Bertz CT molecular complexity index is 282. The van der Waals surface area contributed by atoms with Gasteiger partial charge in [-0.2, -0.15) is 0 Å². The second kappa shape index (κ2) is 7.82. The van der Waals surface area contributed by atoms with E-state index in [4.69, 9.17) is 10.5 Å². The first kappa shape index (κ1) is 16.4. The van der Waals surface area contributed by atoms with Crippen LogP contribution in [-0.4, -0.2) is 55.7 Å². The van der Waals surface area contributed by atoms with Gasteiger partial charge >= 0.3 is 0 Å². The Morgan fingerprint density at radius 1 is 1.42 bits per heavy atom. The van der Waals surface area contributed by atoms with Crippen molar-refractivity contribution in [1.29, 1.82) is 0 Å². The van der Waals surface area contributed by atoms with E-state index >= 15 is 0 Å². The zero-order valence-electron chi connectivity index (χ0n) is 12.7. The molecule has 0 aliphatic carbocycles. The molecule has 3 N–H and O–H groups in total. The first-order valence-corrected chi connectivity index (χ1v) is 7.28. The van der Waals surface area contributed by atoms with Crippen LogP contribution in [0.3, 0.4) is 0 Å². The monoisotopic (exact) mass is 271 g/mol. The van der Waals surface area contributed by atoms with Gasteiger partial charge in [0.25, 0.3) is 0 Å². The van der Waals surface area contributed by atoms with E-state index in [2.05, 4.69) is 24.1 Å². The van der Waals surface area contributed by atoms with Gasteiger partial charge in [-0.3, -0.25) is 9.69 Å². The Hall–Kier alpha value is -0.650. The highest BCUT2D eigenvalue weighted by Gasteiger charge is 2.31. The smallest absolute Gasteiger partial charge is 0.239 e. The predicted octanol–water partition coefficient (Wildman–Crippen LogP) is 0.443. The fourth-order valence-electron chi connectivity index (χ4n) is 2.34. The van der Waals surface area contributed by atoms with Crippen molar-refractivity contribution in [3.8, 4) is 0 Å². The molecule has 2 unspecified atom stereocenters. The van der Waals surface area contributed by atoms with E-state index in [1.54, 1.807) is 0 Å². The van der Waals surface area contributed by atoms with Crippen LogP contribution in [0.5, 0.6) is 0 Å². The van der Waals surface area contributed by atoms with Gasteiger partial charge in [0, 0.05) is 19.1 Å². The summed E-state index contributed by atoms with van der Waals surface area (Å²) in [6.45, 7) is 11.8. The Morgan fingerprint density at radius 2 is 2.11 bits per heavy atom.